The number of hydrogen-bond donors (Lipinski definition) is 3. The van der Waals surface area contributed by atoms with Crippen LogP contribution in [0.4, 0.5) is 0 Å². The van der Waals surface area contributed by atoms with Gasteiger partial charge in [0.25, 0.3) is 0 Å². The number of benzene rings is 1. The summed E-state index contributed by atoms with van der Waals surface area (Å²) >= 11 is 0. The van der Waals surface area contributed by atoms with E-state index in [1.807, 2.05) is 44.2 Å². The van der Waals surface area contributed by atoms with Crippen molar-refractivity contribution in [3.8, 4) is 0 Å². The topological polar surface area (TPSA) is 87.7 Å². The number of amides is 1. The van der Waals surface area contributed by atoms with Gasteiger partial charge in [0.05, 0.1) is 0 Å². The van der Waals surface area contributed by atoms with E-state index in [0.717, 1.165) is 18.4 Å². The van der Waals surface area contributed by atoms with Gasteiger partial charge < -0.3 is 16.3 Å². The molecule has 5 heteroatoms. The smallest absolute Gasteiger partial charge is 0.231 e. The van der Waals surface area contributed by atoms with Crippen molar-refractivity contribution >= 4 is 11.7 Å². The third-order valence-electron chi connectivity index (χ3n) is 4.11. The standard InChI is InChI=1S/C16H23N3O2/c1-16(2,12-8-9-12)18-15(20)13(14(17)19-21)10-11-6-4-3-5-7-11/h3-7,12-13,21H,8-10H2,1-2H3,(H2,17,19)(H,18,20). The molecule has 4 N–H and O–H groups in total. The molecule has 0 heterocycles. The van der Waals surface area contributed by atoms with Crippen LogP contribution in [0.2, 0.25) is 0 Å². The fourth-order valence-electron chi connectivity index (χ4n) is 2.56. The molecule has 1 aliphatic rings. The predicted octanol–water partition coefficient (Wildman–Crippen LogP) is 1.90. The van der Waals surface area contributed by atoms with Gasteiger partial charge in [-0.25, -0.2) is 0 Å². The van der Waals surface area contributed by atoms with E-state index < -0.39 is 5.92 Å². The number of carbonyl (C=O) groups is 1. The average Bonchev–Trinajstić information content (AvgIpc) is 3.29. The highest BCUT2D eigenvalue weighted by Gasteiger charge is 2.40. The molecule has 5 nitrogen and oxygen atoms in total. The second kappa shape index (κ2) is 6.16. The number of rotatable bonds is 6. The molecule has 0 aromatic heterocycles. The number of hydrogen-bond acceptors (Lipinski definition) is 3. The zero-order valence-corrected chi connectivity index (χ0v) is 12.5. The Kier molecular flexibility index (Phi) is 4.50. The average molecular weight is 289 g/mol. The van der Waals surface area contributed by atoms with Gasteiger partial charge in [0.15, 0.2) is 5.84 Å². The van der Waals surface area contributed by atoms with Crippen molar-refractivity contribution in [2.24, 2.45) is 22.7 Å². The lowest BCUT2D eigenvalue weighted by atomic mass is 9.93. The maximum atomic E-state index is 12.5. The summed E-state index contributed by atoms with van der Waals surface area (Å²) in [6, 6.07) is 9.58. The van der Waals surface area contributed by atoms with Gasteiger partial charge in [-0.15, -0.1) is 0 Å². The zero-order valence-electron chi connectivity index (χ0n) is 12.5. The third-order valence-corrected chi connectivity index (χ3v) is 4.11. The lowest BCUT2D eigenvalue weighted by molar-refractivity contribution is -0.124. The number of amidine groups is 1. The van der Waals surface area contributed by atoms with Gasteiger partial charge in [-0.2, -0.15) is 0 Å². The number of carbonyl (C=O) groups excluding carboxylic acids is 1. The van der Waals surface area contributed by atoms with Crippen LogP contribution in [-0.4, -0.2) is 22.5 Å². The molecule has 2 rings (SSSR count). The SMILES string of the molecule is CC(C)(NC(=O)C(Cc1ccccc1)/C(N)=N/O)C1CC1. The van der Waals surface area contributed by atoms with Gasteiger partial charge in [0, 0.05) is 5.54 Å². The summed E-state index contributed by atoms with van der Waals surface area (Å²) in [5, 5.41) is 15.0. The molecule has 0 radical (unpaired) electrons. The summed E-state index contributed by atoms with van der Waals surface area (Å²) in [7, 11) is 0. The van der Waals surface area contributed by atoms with Crippen molar-refractivity contribution in [2.75, 3.05) is 0 Å². The van der Waals surface area contributed by atoms with Crippen molar-refractivity contribution in [2.45, 2.75) is 38.6 Å². The molecule has 1 aliphatic carbocycles. The molecular formula is C16H23N3O2. The van der Waals surface area contributed by atoms with Gasteiger partial charge in [-0.1, -0.05) is 35.5 Å². The summed E-state index contributed by atoms with van der Waals surface area (Å²) < 4.78 is 0. The van der Waals surface area contributed by atoms with Crippen LogP contribution in [0, 0.1) is 11.8 Å². The molecule has 114 valence electrons. The second-order valence-corrected chi connectivity index (χ2v) is 6.25. The van der Waals surface area contributed by atoms with E-state index in [1.165, 1.54) is 0 Å². The van der Waals surface area contributed by atoms with E-state index >= 15 is 0 Å². The lowest BCUT2D eigenvalue weighted by Gasteiger charge is -2.28. The normalized spacial score (nSPS) is 17.3. The van der Waals surface area contributed by atoms with Crippen LogP contribution >= 0.6 is 0 Å². The molecular weight excluding hydrogens is 266 g/mol. The molecule has 0 aliphatic heterocycles. The first-order valence-corrected chi connectivity index (χ1v) is 7.27. The molecule has 1 saturated carbocycles. The Morgan fingerprint density at radius 1 is 1.43 bits per heavy atom. The van der Waals surface area contributed by atoms with Crippen LogP contribution in [0.25, 0.3) is 0 Å². The monoisotopic (exact) mass is 289 g/mol. The Morgan fingerprint density at radius 2 is 2.05 bits per heavy atom. The minimum Gasteiger partial charge on any atom is -0.409 e. The summed E-state index contributed by atoms with van der Waals surface area (Å²) in [5.41, 5.74) is 6.45. The number of nitrogens with one attached hydrogen (secondary N) is 1. The van der Waals surface area contributed by atoms with Crippen LogP contribution < -0.4 is 11.1 Å². The summed E-state index contributed by atoms with van der Waals surface area (Å²) in [5.74, 6) is -0.379. The summed E-state index contributed by atoms with van der Waals surface area (Å²) in [6.07, 6.45) is 2.70. The van der Waals surface area contributed by atoms with Crippen LogP contribution in [0.15, 0.2) is 35.5 Å². The first-order chi connectivity index (χ1) is 9.94. The van der Waals surface area contributed by atoms with E-state index in [0.29, 0.717) is 12.3 Å². The Balaban J connectivity index is 2.10. The van der Waals surface area contributed by atoms with E-state index in [4.69, 9.17) is 10.9 Å². The van der Waals surface area contributed by atoms with Gasteiger partial charge >= 0.3 is 0 Å². The number of oxime groups is 1. The first kappa shape index (κ1) is 15.4. The van der Waals surface area contributed by atoms with Crippen LogP contribution in [0.1, 0.15) is 32.3 Å². The van der Waals surface area contributed by atoms with Crippen molar-refractivity contribution < 1.29 is 10.0 Å². The Morgan fingerprint density at radius 3 is 2.57 bits per heavy atom. The van der Waals surface area contributed by atoms with E-state index in [1.54, 1.807) is 0 Å². The highest BCUT2D eigenvalue weighted by atomic mass is 16.4. The number of nitrogens with zero attached hydrogens (tertiary/aromatic N) is 1. The highest BCUT2D eigenvalue weighted by molar-refractivity contribution is 6.02. The van der Waals surface area contributed by atoms with E-state index in [9.17, 15) is 4.79 Å². The van der Waals surface area contributed by atoms with Crippen molar-refractivity contribution in [3.63, 3.8) is 0 Å². The maximum Gasteiger partial charge on any atom is 0.231 e. The van der Waals surface area contributed by atoms with Crippen LogP contribution in [0.5, 0.6) is 0 Å². The molecule has 0 saturated heterocycles. The van der Waals surface area contributed by atoms with Gasteiger partial charge in [0.1, 0.15) is 5.92 Å². The largest absolute Gasteiger partial charge is 0.409 e. The van der Waals surface area contributed by atoms with Crippen molar-refractivity contribution in [3.05, 3.63) is 35.9 Å². The quantitative estimate of drug-likeness (QED) is 0.323. The Labute approximate surface area is 125 Å². The fraction of sp³-hybridized carbons (Fsp3) is 0.500. The summed E-state index contributed by atoms with van der Waals surface area (Å²) in [4.78, 5) is 12.5. The molecule has 1 aromatic rings. The number of nitrogens with two attached hydrogens (primary N) is 1. The van der Waals surface area contributed by atoms with E-state index in [-0.39, 0.29) is 17.3 Å². The van der Waals surface area contributed by atoms with Gasteiger partial charge in [0.2, 0.25) is 5.91 Å². The lowest BCUT2D eigenvalue weighted by Crippen LogP contribution is -2.50. The second-order valence-electron chi connectivity index (χ2n) is 6.25. The van der Waals surface area contributed by atoms with Crippen LogP contribution in [-0.2, 0) is 11.2 Å². The maximum absolute atomic E-state index is 12.5. The molecule has 1 fully saturated rings. The predicted molar refractivity (Wildman–Crippen MR) is 82.0 cm³/mol. The van der Waals surface area contributed by atoms with Gasteiger partial charge in [-0.3, -0.25) is 4.79 Å². The fourth-order valence-corrected chi connectivity index (χ4v) is 2.56. The molecule has 1 amide bonds. The Bertz CT molecular complexity index is 522. The van der Waals surface area contributed by atoms with Crippen molar-refractivity contribution in [1.82, 2.24) is 5.32 Å². The van der Waals surface area contributed by atoms with Gasteiger partial charge in [-0.05, 0) is 44.6 Å². The van der Waals surface area contributed by atoms with Crippen molar-refractivity contribution in [1.29, 1.82) is 0 Å². The Hall–Kier alpha value is -2.04. The molecule has 1 unspecified atom stereocenters. The first-order valence-electron chi connectivity index (χ1n) is 7.27. The molecule has 1 atom stereocenters. The minimum atomic E-state index is -0.657. The highest BCUT2D eigenvalue weighted by Crippen LogP contribution is 2.39. The molecule has 0 bridgehead atoms. The zero-order chi connectivity index (χ0) is 15.5. The minimum absolute atomic E-state index is 0.0528. The molecule has 0 spiro atoms. The third kappa shape index (κ3) is 3.97. The molecule has 1 aromatic carbocycles. The molecule has 21 heavy (non-hydrogen) atoms. The van der Waals surface area contributed by atoms with Crippen LogP contribution in [0.3, 0.4) is 0 Å². The summed E-state index contributed by atoms with van der Waals surface area (Å²) in [6.45, 7) is 4.04. The van der Waals surface area contributed by atoms with E-state index in [2.05, 4.69) is 10.5 Å².